The first-order chi connectivity index (χ1) is 13.7. The molecule has 0 bridgehead atoms. The molecule has 138 valence electrons. The Morgan fingerprint density at radius 3 is 1.18 bits per heavy atom. The second kappa shape index (κ2) is 8.04. The third-order valence-electron chi connectivity index (χ3n) is 5.05. The molecule has 0 heterocycles. The lowest BCUT2D eigenvalue weighted by Crippen LogP contribution is -2.32. The highest BCUT2D eigenvalue weighted by Crippen LogP contribution is 2.58. The van der Waals surface area contributed by atoms with Crippen LogP contribution in [0.3, 0.4) is 0 Å². The zero-order valence-corrected chi connectivity index (χ0v) is 16.2. The van der Waals surface area contributed by atoms with Gasteiger partial charge in [-0.1, -0.05) is 60.7 Å². The summed E-state index contributed by atoms with van der Waals surface area (Å²) in [6.45, 7) is 0. The topological polar surface area (TPSA) is 0 Å². The molecular weight excluding hydrogens is 369 g/mol. The molecule has 0 fully saturated rings. The van der Waals surface area contributed by atoms with E-state index < -0.39 is 18.9 Å². The van der Waals surface area contributed by atoms with E-state index in [4.69, 9.17) is 0 Å². The van der Waals surface area contributed by atoms with Gasteiger partial charge in [0.15, 0.2) is 0 Å². The molecule has 4 aromatic carbocycles. The third kappa shape index (κ3) is 3.37. The van der Waals surface area contributed by atoms with Crippen molar-refractivity contribution < 1.29 is 8.78 Å². The number of benzene rings is 4. The largest absolute Gasteiger partial charge is 0.206 e. The van der Waals surface area contributed by atoms with Crippen LogP contribution in [0.25, 0.3) is 0 Å². The molecule has 4 rings (SSSR count). The number of hydrogen-bond acceptors (Lipinski definition) is 0. The first-order valence-electron chi connectivity index (χ1n) is 9.19. The van der Waals surface area contributed by atoms with Crippen molar-refractivity contribution in [2.75, 3.05) is 0 Å². The molecule has 28 heavy (non-hydrogen) atoms. The van der Waals surface area contributed by atoms with Crippen LogP contribution in [0.4, 0.5) is 8.78 Å². The minimum atomic E-state index is -2.31. The summed E-state index contributed by atoms with van der Waals surface area (Å²) in [6, 6.07) is 34.4. The van der Waals surface area contributed by atoms with Crippen LogP contribution in [-0.4, -0.2) is 0 Å². The van der Waals surface area contributed by atoms with Crippen molar-refractivity contribution in [1.82, 2.24) is 0 Å². The fraction of sp³-hybridized carbons (Fsp3) is 0.0400. The summed E-state index contributed by atoms with van der Waals surface area (Å²) in [5, 5.41) is 3.32. The van der Waals surface area contributed by atoms with Crippen LogP contribution in [0.1, 0.15) is 5.56 Å². The Bertz CT molecular complexity index is 931. The number of rotatable bonds is 5. The average Bonchev–Trinajstić information content (AvgIpc) is 2.76. The Kier molecular flexibility index (Phi) is 5.32. The summed E-state index contributed by atoms with van der Waals surface area (Å²) in [7, 11) is -2.31. The molecule has 0 unspecified atom stereocenters. The number of halogens is 2. The maximum atomic E-state index is 14.7. The molecule has 0 saturated carbocycles. The monoisotopic (exact) mass is 389 g/mol. The molecule has 0 N–H and O–H groups in total. The van der Waals surface area contributed by atoms with Crippen LogP contribution in [-0.2, 0) is 6.16 Å². The van der Waals surface area contributed by atoms with Crippen molar-refractivity contribution in [1.29, 1.82) is 0 Å². The van der Waals surface area contributed by atoms with Gasteiger partial charge in [-0.2, -0.15) is 0 Å². The lowest BCUT2D eigenvalue weighted by Gasteiger charge is -2.28. The highest BCUT2D eigenvalue weighted by Gasteiger charge is 2.46. The van der Waals surface area contributed by atoms with Crippen LogP contribution >= 0.6 is 7.26 Å². The summed E-state index contributed by atoms with van der Waals surface area (Å²) in [5.41, 5.74) is 0.146. The molecule has 0 saturated heterocycles. The Labute approximate surface area is 164 Å². The summed E-state index contributed by atoms with van der Waals surface area (Å²) < 4.78 is 29.4. The van der Waals surface area contributed by atoms with E-state index in [9.17, 15) is 8.78 Å². The summed E-state index contributed by atoms with van der Waals surface area (Å²) in [5.74, 6) is -0.987. The van der Waals surface area contributed by atoms with Crippen LogP contribution in [0, 0.1) is 11.6 Å². The Hall–Kier alpha value is -2.83. The first kappa shape index (κ1) is 18.5. The van der Waals surface area contributed by atoms with Gasteiger partial charge in [-0.05, 0) is 48.5 Å². The molecule has 0 amide bonds. The second-order valence-corrected chi connectivity index (χ2v) is 10.2. The molecule has 0 nitrogen and oxygen atoms in total. The van der Waals surface area contributed by atoms with E-state index in [1.807, 2.05) is 54.6 Å². The fourth-order valence-corrected chi connectivity index (χ4v) is 7.95. The third-order valence-corrected chi connectivity index (χ3v) is 9.38. The van der Waals surface area contributed by atoms with Crippen LogP contribution < -0.4 is 15.9 Å². The smallest absolute Gasteiger partial charge is 0.133 e. The highest BCUT2D eigenvalue weighted by atomic mass is 31.2. The molecule has 0 radical (unpaired) electrons. The molecule has 0 aliphatic heterocycles. The van der Waals surface area contributed by atoms with E-state index in [2.05, 4.69) is 36.4 Å². The van der Waals surface area contributed by atoms with E-state index in [1.54, 1.807) is 0 Å². The Morgan fingerprint density at radius 1 is 0.464 bits per heavy atom. The molecule has 0 aliphatic rings. The van der Waals surface area contributed by atoms with Crippen LogP contribution in [0.5, 0.6) is 0 Å². The predicted molar refractivity (Wildman–Crippen MR) is 115 cm³/mol. The molecule has 0 atom stereocenters. The Morgan fingerprint density at radius 2 is 0.821 bits per heavy atom. The predicted octanol–water partition coefficient (Wildman–Crippen LogP) is 5.46. The molecular formula is C25H20F2P+. The van der Waals surface area contributed by atoms with Gasteiger partial charge in [0.25, 0.3) is 0 Å². The first-order valence-corrected chi connectivity index (χ1v) is 11.2. The second-order valence-electron chi connectivity index (χ2n) is 6.67. The van der Waals surface area contributed by atoms with Crippen molar-refractivity contribution in [3.63, 3.8) is 0 Å². The zero-order chi connectivity index (χ0) is 19.4. The van der Waals surface area contributed by atoms with Gasteiger partial charge in [-0.3, -0.25) is 0 Å². The standard InChI is InChI=1S/C25H20F2P/c26-24-17-10-18-25(27)23(24)19-28(20-11-4-1-5-12-20,21-13-6-2-7-14-21)22-15-8-3-9-16-22/h1-18H,19H2/q+1. The van der Waals surface area contributed by atoms with Crippen molar-refractivity contribution in [2.24, 2.45) is 0 Å². The summed E-state index contributed by atoms with van der Waals surface area (Å²) in [6.07, 6.45) is 0.295. The molecule has 0 aromatic heterocycles. The summed E-state index contributed by atoms with van der Waals surface area (Å²) >= 11 is 0. The van der Waals surface area contributed by atoms with Crippen LogP contribution in [0.15, 0.2) is 109 Å². The molecule has 3 heteroatoms. The maximum Gasteiger partial charge on any atom is 0.133 e. The zero-order valence-electron chi connectivity index (χ0n) is 15.3. The Balaban J connectivity index is 2.04. The molecule has 0 aliphatic carbocycles. The van der Waals surface area contributed by atoms with Gasteiger partial charge in [0.1, 0.15) is 41.0 Å². The maximum absolute atomic E-state index is 14.7. The van der Waals surface area contributed by atoms with Gasteiger partial charge < -0.3 is 0 Å². The van der Waals surface area contributed by atoms with Crippen molar-refractivity contribution in [3.8, 4) is 0 Å². The van der Waals surface area contributed by atoms with Gasteiger partial charge in [-0.25, -0.2) is 8.78 Å². The van der Waals surface area contributed by atoms with Gasteiger partial charge >= 0.3 is 0 Å². The van der Waals surface area contributed by atoms with E-state index in [-0.39, 0.29) is 5.56 Å². The van der Waals surface area contributed by atoms with Gasteiger partial charge in [0.05, 0.1) is 5.56 Å². The highest BCUT2D eigenvalue weighted by molar-refractivity contribution is 7.95. The lowest BCUT2D eigenvalue weighted by atomic mass is 10.2. The number of hydrogen-bond donors (Lipinski definition) is 0. The van der Waals surface area contributed by atoms with E-state index in [0.717, 1.165) is 15.9 Å². The van der Waals surface area contributed by atoms with E-state index in [1.165, 1.54) is 18.2 Å². The quantitative estimate of drug-likeness (QED) is 0.398. The molecule has 0 spiro atoms. The normalized spacial score (nSPS) is 11.4. The van der Waals surface area contributed by atoms with Crippen molar-refractivity contribution in [2.45, 2.75) is 6.16 Å². The van der Waals surface area contributed by atoms with Crippen LogP contribution in [0.2, 0.25) is 0 Å². The lowest BCUT2D eigenvalue weighted by molar-refractivity contribution is 0.566. The van der Waals surface area contributed by atoms with Gasteiger partial charge in [0, 0.05) is 0 Å². The van der Waals surface area contributed by atoms with Gasteiger partial charge in [-0.15, -0.1) is 0 Å². The minimum Gasteiger partial charge on any atom is -0.206 e. The van der Waals surface area contributed by atoms with Gasteiger partial charge in [0.2, 0.25) is 0 Å². The van der Waals surface area contributed by atoms with Crippen molar-refractivity contribution in [3.05, 3.63) is 126 Å². The SMILES string of the molecule is Fc1cccc(F)c1C[P+](c1ccccc1)(c1ccccc1)c1ccccc1. The minimum absolute atomic E-state index is 0.146. The fourth-order valence-electron chi connectivity index (χ4n) is 3.69. The van der Waals surface area contributed by atoms with E-state index in [0.29, 0.717) is 6.16 Å². The van der Waals surface area contributed by atoms with E-state index >= 15 is 0 Å². The van der Waals surface area contributed by atoms with Crippen molar-refractivity contribution >= 4 is 23.2 Å². The average molecular weight is 389 g/mol. The summed E-state index contributed by atoms with van der Waals surface area (Å²) in [4.78, 5) is 0. The molecule has 4 aromatic rings.